The molecule has 0 aliphatic carbocycles. The van der Waals surface area contributed by atoms with Crippen LogP contribution in [0, 0.1) is 5.92 Å². The van der Waals surface area contributed by atoms with Crippen molar-refractivity contribution in [2.75, 3.05) is 26.2 Å². The van der Waals surface area contributed by atoms with Crippen LogP contribution < -0.4 is 5.73 Å². The van der Waals surface area contributed by atoms with Gasteiger partial charge in [0.25, 0.3) is 0 Å². The van der Waals surface area contributed by atoms with Gasteiger partial charge >= 0.3 is 0 Å². The number of hydrogen-bond donors (Lipinski definition) is 1. The van der Waals surface area contributed by atoms with Gasteiger partial charge in [0.2, 0.25) is 0 Å². The monoisotopic (exact) mass is 214 g/mol. The molecule has 0 aromatic carbocycles. The molecule has 1 fully saturated rings. The van der Waals surface area contributed by atoms with Gasteiger partial charge < -0.3 is 15.4 Å². The molecule has 1 saturated heterocycles. The summed E-state index contributed by atoms with van der Waals surface area (Å²) in [6.07, 6.45) is 3.04. The molecule has 3 heteroatoms. The standard InChI is InChI=1S/C12H26N2O/c1-4-14(8-10(2)3)9-12-6-5-11(7-13)15-12/h10-12H,4-9,13H2,1-3H3/t11-,12+/m1/s1. The molecule has 90 valence electrons. The summed E-state index contributed by atoms with van der Waals surface area (Å²) in [5.74, 6) is 0.733. The van der Waals surface area contributed by atoms with E-state index in [1.165, 1.54) is 13.0 Å². The highest BCUT2D eigenvalue weighted by Crippen LogP contribution is 2.19. The Kier molecular flexibility index (Phi) is 5.58. The van der Waals surface area contributed by atoms with Crippen LogP contribution in [0.2, 0.25) is 0 Å². The van der Waals surface area contributed by atoms with Gasteiger partial charge in [0.1, 0.15) is 0 Å². The molecule has 0 aromatic heterocycles. The molecule has 0 aromatic rings. The van der Waals surface area contributed by atoms with Crippen LogP contribution in [-0.4, -0.2) is 43.3 Å². The largest absolute Gasteiger partial charge is 0.372 e. The van der Waals surface area contributed by atoms with Crippen LogP contribution in [0.15, 0.2) is 0 Å². The first-order valence-electron chi connectivity index (χ1n) is 6.23. The smallest absolute Gasteiger partial charge is 0.0707 e. The molecule has 0 unspecified atom stereocenters. The summed E-state index contributed by atoms with van der Waals surface area (Å²) in [4.78, 5) is 2.48. The van der Waals surface area contributed by atoms with Crippen molar-refractivity contribution in [2.24, 2.45) is 11.7 Å². The average molecular weight is 214 g/mol. The maximum atomic E-state index is 5.86. The first-order valence-corrected chi connectivity index (χ1v) is 6.23. The molecule has 1 rings (SSSR count). The molecular formula is C12H26N2O. The number of nitrogens with zero attached hydrogens (tertiary/aromatic N) is 1. The van der Waals surface area contributed by atoms with E-state index < -0.39 is 0 Å². The maximum absolute atomic E-state index is 5.86. The van der Waals surface area contributed by atoms with Crippen molar-refractivity contribution in [3.63, 3.8) is 0 Å². The lowest BCUT2D eigenvalue weighted by molar-refractivity contribution is 0.0260. The van der Waals surface area contributed by atoms with E-state index >= 15 is 0 Å². The number of ether oxygens (including phenoxy) is 1. The lowest BCUT2D eigenvalue weighted by Gasteiger charge is -2.25. The Labute approximate surface area is 94.0 Å². The molecule has 15 heavy (non-hydrogen) atoms. The summed E-state index contributed by atoms with van der Waals surface area (Å²) in [7, 11) is 0. The average Bonchev–Trinajstić information content (AvgIpc) is 2.64. The van der Waals surface area contributed by atoms with E-state index in [1.807, 2.05) is 0 Å². The topological polar surface area (TPSA) is 38.5 Å². The predicted octanol–water partition coefficient (Wildman–Crippen LogP) is 1.47. The minimum atomic E-state index is 0.313. The molecule has 1 aliphatic heterocycles. The van der Waals surface area contributed by atoms with Gasteiger partial charge in [0.15, 0.2) is 0 Å². The van der Waals surface area contributed by atoms with E-state index in [1.54, 1.807) is 0 Å². The Morgan fingerprint density at radius 2 is 2.00 bits per heavy atom. The van der Waals surface area contributed by atoms with Gasteiger partial charge in [-0.25, -0.2) is 0 Å². The molecule has 2 atom stereocenters. The van der Waals surface area contributed by atoms with E-state index in [2.05, 4.69) is 25.7 Å². The van der Waals surface area contributed by atoms with Crippen molar-refractivity contribution in [3.05, 3.63) is 0 Å². The zero-order valence-corrected chi connectivity index (χ0v) is 10.4. The van der Waals surface area contributed by atoms with Crippen LogP contribution in [0.3, 0.4) is 0 Å². The maximum Gasteiger partial charge on any atom is 0.0707 e. The van der Waals surface area contributed by atoms with Crippen molar-refractivity contribution in [2.45, 2.75) is 45.8 Å². The van der Waals surface area contributed by atoms with Gasteiger partial charge in [0.05, 0.1) is 12.2 Å². The lowest BCUT2D eigenvalue weighted by Crippen LogP contribution is -2.35. The fourth-order valence-electron chi connectivity index (χ4n) is 2.22. The number of rotatable bonds is 6. The van der Waals surface area contributed by atoms with E-state index in [9.17, 15) is 0 Å². The zero-order valence-electron chi connectivity index (χ0n) is 10.4. The third kappa shape index (κ3) is 4.49. The molecule has 1 heterocycles. The minimum absolute atomic E-state index is 0.313. The molecule has 0 radical (unpaired) electrons. The van der Waals surface area contributed by atoms with Crippen LogP contribution in [0.4, 0.5) is 0 Å². The Morgan fingerprint density at radius 3 is 2.47 bits per heavy atom. The molecule has 1 aliphatic rings. The van der Waals surface area contributed by atoms with Crippen LogP contribution >= 0.6 is 0 Å². The van der Waals surface area contributed by atoms with Gasteiger partial charge in [-0.2, -0.15) is 0 Å². The Morgan fingerprint density at radius 1 is 1.33 bits per heavy atom. The van der Waals surface area contributed by atoms with Gasteiger partial charge in [-0.3, -0.25) is 0 Å². The van der Waals surface area contributed by atoms with Crippen LogP contribution in [-0.2, 0) is 4.74 Å². The Hall–Kier alpha value is -0.120. The Bertz CT molecular complexity index is 173. The molecule has 3 nitrogen and oxygen atoms in total. The highest BCUT2D eigenvalue weighted by molar-refractivity contribution is 4.77. The first kappa shape index (κ1) is 12.9. The summed E-state index contributed by atoms with van der Waals surface area (Å²) < 4.78 is 5.86. The number of nitrogens with two attached hydrogens (primary N) is 1. The van der Waals surface area contributed by atoms with E-state index in [-0.39, 0.29) is 0 Å². The minimum Gasteiger partial charge on any atom is -0.372 e. The lowest BCUT2D eigenvalue weighted by atomic mass is 10.1. The molecule has 0 bridgehead atoms. The summed E-state index contributed by atoms with van der Waals surface area (Å²) >= 11 is 0. The number of hydrogen-bond acceptors (Lipinski definition) is 3. The molecular weight excluding hydrogens is 188 g/mol. The van der Waals surface area contributed by atoms with Crippen LogP contribution in [0.1, 0.15) is 33.6 Å². The van der Waals surface area contributed by atoms with Gasteiger partial charge in [0, 0.05) is 19.6 Å². The third-order valence-electron chi connectivity index (χ3n) is 2.99. The van der Waals surface area contributed by atoms with Crippen molar-refractivity contribution in [1.29, 1.82) is 0 Å². The second-order valence-electron chi connectivity index (χ2n) is 4.94. The van der Waals surface area contributed by atoms with Crippen molar-refractivity contribution >= 4 is 0 Å². The highest BCUT2D eigenvalue weighted by atomic mass is 16.5. The SMILES string of the molecule is CCN(CC(C)C)C[C@@H]1CC[C@H](CN)O1. The summed E-state index contributed by atoms with van der Waals surface area (Å²) in [6.45, 7) is 10.8. The van der Waals surface area contributed by atoms with Crippen LogP contribution in [0.5, 0.6) is 0 Å². The van der Waals surface area contributed by atoms with E-state index in [0.717, 1.165) is 25.4 Å². The zero-order chi connectivity index (χ0) is 11.3. The first-order chi connectivity index (χ1) is 7.15. The number of likely N-dealkylation sites (N-methyl/N-ethyl adjacent to an activating group) is 1. The van der Waals surface area contributed by atoms with Gasteiger partial charge in [-0.15, -0.1) is 0 Å². The van der Waals surface area contributed by atoms with E-state index in [4.69, 9.17) is 10.5 Å². The summed E-state index contributed by atoms with van der Waals surface area (Å²) in [5.41, 5.74) is 5.60. The predicted molar refractivity (Wildman–Crippen MR) is 63.9 cm³/mol. The quantitative estimate of drug-likeness (QED) is 0.727. The second kappa shape index (κ2) is 6.46. The molecule has 0 amide bonds. The van der Waals surface area contributed by atoms with Gasteiger partial charge in [-0.05, 0) is 25.3 Å². The third-order valence-corrected chi connectivity index (χ3v) is 2.99. The van der Waals surface area contributed by atoms with Crippen molar-refractivity contribution in [3.8, 4) is 0 Å². The van der Waals surface area contributed by atoms with Crippen LogP contribution in [0.25, 0.3) is 0 Å². The fourth-order valence-corrected chi connectivity index (χ4v) is 2.22. The summed E-state index contributed by atoms with van der Waals surface area (Å²) in [5, 5.41) is 0. The molecule has 0 saturated carbocycles. The van der Waals surface area contributed by atoms with Crippen molar-refractivity contribution < 1.29 is 4.74 Å². The highest BCUT2D eigenvalue weighted by Gasteiger charge is 2.25. The Balaban J connectivity index is 2.27. The van der Waals surface area contributed by atoms with Crippen molar-refractivity contribution in [1.82, 2.24) is 4.90 Å². The van der Waals surface area contributed by atoms with E-state index in [0.29, 0.717) is 18.8 Å². The normalized spacial score (nSPS) is 26.8. The van der Waals surface area contributed by atoms with Gasteiger partial charge in [-0.1, -0.05) is 20.8 Å². The fraction of sp³-hybridized carbons (Fsp3) is 1.00. The summed E-state index contributed by atoms with van der Waals surface area (Å²) in [6, 6.07) is 0. The molecule has 0 spiro atoms. The second-order valence-corrected chi connectivity index (χ2v) is 4.94. The molecule has 2 N–H and O–H groups in total.